The van der Waals surface area contributed by atoms with Crippen molar-refractivity contribution >= 4 is 6.09 Å². The second-order valence-electron chi connectivity index (χ2n) is 7.89. The third-order valence-electron chi connectivity index (χ3n) is 6.37. The molecule has 3 fully saturated rings. The molecule has 4 aliphatic heterocycles. The highest BCUT2D eigenvalue weighted by molar-refractivity contribution is 5.70. The number of ether oxygens (including phenoxy) is 1. The van der Waals surface area contributed by atoms with Crippen molar-refractivity contribution in [2.45, 2.75) is 31.4 Å². The molecule has 0 saturated carbocycles. The molecule has 0 unspecified atom stereocenters. The number of nitrogens with zero attached hydrogens (tertiary/aromatic N) is 3. The molecule has 27 heavy (non-hydrogen) atoms. The first-order valence-electron chi connectivity index (χ1n) is 9.97. The molecule has 1 aromatic carbocycles. The van der Waals surface area contributed by atoms with E-state index >= 15 is 0 Å². The number of fused-ring (bicyclic) bond motifs is 4. The van der Waals surface area contributed by atoms with E-state index in [2.05, 4.69) is 22.0 Å². The van der Waals surface area contributed by atoms with Gasteiger partial charge in [-0.05, 0) is 61.0 Å². The van der Waals surface area contributed by atoms with Crippen molar-refractivity contribution in [1.82, 2.24) is 14.8 Å². The summed E-state index contributed by atoms with van der Waals surface area (Å²) in [5.41, 5.74) is 3.50. The summed E-state index contributed by atoms with van der Waals surface area (Å²) in [6, 6.07) is 12.2. The van der Waals surface area contributed by atoms with Crippen LogP contribution in [0.5, 0.6) is 0 Å². The predicted molar refractivity (Wildman–Crippen MR) is 102 cm³/mol. The Kier molecular flexibility index (Phi) is 4.32. The molecule has 5 nitrogen and oxygen atoms in total. The molecule has 0 radical (unpaired) electrons. The molecule has 3 saturated heterocycles. The fourth-order valence-electron chi connectivity index (χ4n) is 4.88. The summed E-state index contributed by atoms with van der Waals surface area (Å²) in [6.45, 7) is 3.85. The maximum absolute atomic E-state index is 13.2. The number of carbonyl (C=O) groups is 1. The number of piperidine rings is 3. The smallest absolute Gasteiger partial charge is 0.410 e. The van der Waals surface area contributed by atoms with Crippen LogP contribution in [0.3, 0.4) is 0 Å². The quantitative estimate of drug-likeness (QED) is 0.822. The number of aromatic nitrogens is 1. The van der Waals surface area contributed by atoms with Gasteiger partial charge in [-0.25, -0.2) is 4.79 Å². The summed E-state index contributed by atoms with van der Waals surface area (Å²) < 4.78 is 6.06. The van der Waals surface area contributed by atoms with Gasteiger partial charge in [0, 0.05) is 25.5 Å². The number of carbonyl (C=O) groups excluding carboxylic acids is 1. The zero-order valence-electron chi connectivity index (χ0n) is 15.5. The average molecular weight is 363 g/mol. The van der Waals surface area contributed by atoms with Gasteiger partial charge in [0.15, 0.2) is 0 Å². The Morgan fingerprint density at radius 1 is 1.07 bits per heavy atom. The van der Waals surface area contributed by atoms with Gasteiger partial charge in [0.05, 0.1) is 6.04 Å². The van der Waals surface area contributed by atoms with Crippen molar-refractivity contribution in [3.05, 3.63) is 65.5 Å². The lowest BCUT2D eigenvalue weighted by atomic mass is 9.86. The van der Waals surface area contributed by atoms with Crippen molar-refractivity contribution in [3.8, 4) is 0 Å². The minimum Gasteiger partial charge on any atom is -0.444 e. The van der Waals surface area contributed by atoms with Crippen LogP contribution in [0.25, 0.3) is 0 Å². The Balaban J connectivity index is 1.43. The number of hydrogen-bond donors (Lipinski definition) is 0. The SMILES string of the molecule is O=C(O[C@@H]1CN2CCC1CC2)N1CCc2cnccc2[C@@H]1c1ccccc1. The van der Waals surface area contributed by atoms with Crippen LogP contribution in [-0.4, -0.2) is 53.2 Å². The lowest BCUT2D eigenvalue weighted by Crippen LogP contribution is -2.53. The molecule has 0 N–H and O–H groups in total. The summed E-state index contributed by atoms with van der Waals surface area (Å²) in [5.74, 6) is 0.524. The summed E-state index contributed by atoms with van der Waals surface area (Å²) in [7, 11) is 0. The molecule has 1 amide bonds. The molecule has 0 spiro atoms. The van der Waals surface area contributed by atoms with Crippen molar-refractivity contribution < 1.29 is 9.53 Å². The average Bonchev–Trinajstić information content (AvgIpc) is 2.74. The van der Waals surface area contributed by atoms with E-state index in [1.165, 1.54) is 5.56 Å². The molecule has 1 aromatic heterocycles. The topological polar surface area (TPSA) is 45.7 Å². The molecule has 5 heterocycles. The van der Waals surface area contributed by atoms with Crippen LogP contribution in [0.2, 0.25) is 0 Å². The number of benzene rings is 1. The Labute approximate surface area is 159 Å². The van der Waals surface area contributed by atoms with Crippen LogP contribution < -0.4 is 0 Å². The Bertz CT molecular complexity index is 817. The van der Waals surface area contributed by atoms with Crippen LogP contribution in [0.1, 0.15) is 35.6 Å². The zero-order valence-corrected chi connectivity index (χ0v) is 15.5. The van der Waals surface area contributed by atoms with Crippen LogP contribution in [0, 0.1) is 5.92 Å². The van der Waals surface area contributed by atoms with Crippen molar-refractivity contribution in [3.63, 3.8) is 0 Å². The summed E-state index contributed by atoms with van der Waals surface area (Å²) >= 11 is 0. The summed E-state index contributed by atoms with van der Waals surface area (Å²) in [6.07, 6.45) is 6.73. The van der Waals surface area contributed by atoms with Gasteiger partial charge in [-0.1, -0.05) is 30.3 Å². The monoisotopic (exact) mass is 363 g/mol. The molecule has 2 atom stereocenters. The molecule has 0 aliphatic carbocycles. The number of amides is 1. The van der Waals surface area contributed by atoms with E-state index in [1.807, 2.05) is 41.6 Å². The molecule has 4 aliphatic rings. The number of pyridine rings is 1. The molecule has 6 rings (SSSR count). The van der Waals surface area contributed by atoms with Crippen LogP contribution in [0.4, 0.5) is 4.79 Å². The molecule has 5 heteroatoms. The zero-order chi connectivity index (χ0) is 18.2. The third kappa shape index (κ3) is 3.10. The third-order valence-corrected chi connectivity index (χ3v) is 6.37. The standard InChI is InChI=1S/C22H25N3O2/c26-22(27-20-15-24-11-7-16(20)8-12-24)25-13-9-18-14-23-10-6-19(18)21(25)17-4-2-1-3-5-17/h1-6,10,14,16,20-21H,7-9,11-13,15H2/t20-,21+/m1/s1. The minimum absolute atomic E-state index is 0.0373. The fraction of sp³-hybridized carbons (Fsp3) is 0.455. The minimum atomic E-state index is -0.176. The van der Waals surface area contributed by atoms with Gasteiger partial charge in [0.1, 0.15) is 6.10 Å². The van der Waals surface area contributed by atoms with E-state index in [4.69, 9.17) is 4.74 Å². The summed E-state index contributed by atoms with van der Waals surface area (Å²) in [4.78, 5) is 21.8. The molecule has 2 aromatic rings. The first-order valence-corrected chi connectivity index (χ1v) is 9.97. The van der Waals surface area contributed by atoms with E-state index in [0.717, 1.165) is 50.0 Å². The van der Waals surface area contributed by atoms with Crippen LogP contribution in [0.15, 0.2) is 48.8 Å². The maximum Gasteiger partial charge on any atom is 0.410 e. The maximum atomic E-state index is 13.2. The molecule has 140 valence electrons. The van der Waals surface area contributed by atoms with E-state index < -0.39 is 0 Å². The fourth-order valence-corrected chi connectivity index (χ4v) is 4.88. The van der Waals surface area contributed by atoms with Crippen molar-refractivity contribution in [2.75, 3.05) is 26.2 Å². The van der Waals surface area contributed by atoms with Gasteiger partial charge in [0.25, 0.3) is 0 Å². The molecular formula is C22H25N3O2. The van der Waals surface area contributed by atoms with Gasteiger partial charge in [-0.3, -0.25) is 14.8 Å². The van der Waals surface area contributed by atoms with Crippen LogP contribution in [-0.2, 0) is 11.2 Å². The highest BCUT2D eigenvalue weighted by Gasteiger charge is 2.39. The van der Waals surface area contributed by atoms with Crippen molar-refractivity contribution in [1.29, 1.82) is 0 Å². The van der Waals surface area contributed by atoms with E-state index in [9.17, 15) is 4.79 Å². The van der Waals surface area contributed by atoms with Gasteiger partial charge >= 0.3 is 6.09 Å². The van der Waals surface area contributed by atoms with Gasteiger partial charge in [-0.2, -0.15) is 0 Å². The highest BCUT2D eigenvalue weighted by Crippen LogP contribution is 2.36. The second kappa shape index (κ2) is 6.97. The lowest BCUT2D eigenvalue weighted by molar-refractivity contribution is -0.0462. The Morgan fingerprint density at radius 2 is 1.89 bits per heavy atom. The van der Waals surface area contributed by atoms with Crippen LogP contribution >= 0.6 is 0 Å². The number of rotatable bonds is 2. The second-order valence-corrected chi connectivity index (χ2v) is 7.89. The van der Waals surface area contributed by atoms with Gasteiger partial charge in [0.2, 0.25) is 0 Å². The van der Waals surface area contributed by atoms with E-state index in [0.29, 0.717) is 12.5 Å². The van der Waals surface area contributed by atoms with E-state index in [1.54, 1.807) is 0 Å². The lowest BCUT2D eigenvalue weighted by Gasteiger charge is -2.45. The van der Waals surface area contributed by atoms with Gasteiger partial charge < -0.3 is 4.74 Å². The largest absolute Gasteiger partial charge is 0.444 e. The Hall–Kier alpha value is -2.40. The normalized spacial score (nSPS) is 29.3. The van der Waals surface area contributed by atoms with Gasteiger partial charge in [-0.15, -0.1) is 0 Å². The predicted octanol–water partition coefficient (Wildman–Crippen LogP) is 3.26. The number of hydrogen-bond acceptors (Lipinski definition) is 4. The first kappa shape index (κ1) is 16.8. The highest BCUT2D eigenvalue weighted by atomic mass is 16.6. The first-order chi connectivity index (χ1) is 13.3. The van der Waals surface area contributed by atoms with Crippen molar-refractivity contribution in [2.24, 2.45) is 5.92 Å². The summed E-state index contributed by atoms with van der Waals surface area (Å²) in [5, 5.41) is 0. The Morgan fingerprint density at radius 3 is 2.63 bits per heavy atom. The van der Waals surface area contributed by atoms with E-state index in [-0.39, 0.29) is 18.2 Å². The molecule has 2 bridgehead atoms. The molecular weight excluding hydrogens is 338 g/mol.